The van der Waals surface area contributed by atoms with Crippen molar-refractivity contribution in [1.82, 2.24) is 9.97 Å². The average molecular weight is 508 g/mol. The highest BCUT2D eigenvalue weighted by Gasteiger charge is 2.50. The predicted octanol–water partition coefficient (Wildman–Crippen LogP) is 5.56. The zero-order valence-corrected chi connectivity index (χ0v) is 20.5. The first-order valence-corrected chi connectivity index (χ1v) is 11.4. The molecule has 1 fully saturated rings. The molecule has 10 heteroatoms. The van der Waals surface area contributed by atoms with Crippen LogP contribution in [0.15, 0.2) is 41.5 Å². The van der Waals surface area contributed by atoms with Gasteiger partial charge in [-0.15, -0.1) is 0 Å². The number of amides is 1. The number of pyridine rings is 2. The number of nitrogens with zero attached hydrogens (tertiary/aromatic N) is 1. The Morgan fingerprint density at radius 1 is 1.19 bits per heavy atom. The number of carbonyl (C=O) groups is 1. The number of primary amides is 1. The van der Waals surface area contributed by atoms with Gasteiger partial charge in [-0.25, -0.2) is 13.2 Å². The second-order valence-corrected chi connectivity index (χ2v) is 9.92. The Morgan fingerprint density at radius 3 is 2.50 bits per heavy atom. The number of fused-ring (bicyclic) bond motifs is 1. The molecule has 0 radical (unpaired) electrons. The summed E-state index contributed by atoms with van der Waals surface area (Å²) in [4.78, 5) is 29.0. The van der Waals surface area contributed by atoms with Crippen molar-refractivity contribution in [2.24, 2.45) is 17.1 Å². The first-order valence-electron chi connectivity index (χ1n) is 11.4. The summed E-state index contributed by atoms with van der Waals surface area (Å²) in [5, 5.41) is 0.238. The quantitative estimate of drug-likeness (QED) is 0.454. The topological polar surface area (TPSA) is 98.1 Å². The number of hydrogen-bond donors (Lipinski definition) is 2. The van der Waals surface area contributed by atoms with Crippen LogP contribution in [-0.4, -0.2) is 28.9 Å². The van der Waals surface area contributed by atoms with Crippen LogP contribution >= 0.6 is 0 Å². The zero-order chi connectivity index (χ0) is 26.8. The summed E-state index contributed by atoms with van der Waals surface area (Å²) in [7, 11) is 1.26. The molecule has 2 unspecified atom stereocenters. The van der Waals surface area contributed by atoms with Crippen molar-refractivity contribution >= 4 is 16.8 Å². The molecule has 1 amide bonds. The zero-order valence-electron chi connectivity index (χ0n) is 20.5. The molecule has 0 spiro atoms. The number of H-pyrrole nitrogens is 1. The lowest BCUT2D eigenvalue weighted by atomic mass is 9.65. The van der Waals surface area contributed by atoms with E-state index in [-0.39, 0.29) is 47.4 Å². The fourth-order valence-corrected chi connectivity index (χ4v) is 4.77. The first kappa shape index (κ1) is 27.2. The molecule has 1 aromatic carbocycles. The first-order chi connectivity index (χ1) is 16.8. The highest BCUT2D eigenvalue weighted by atomic mass is 19.3. The van der Waals surface area contributed by atoms with Crippen molar-refractivity contribution in [1.29, 1.82) is 0 Å². The fourth-order valence-electron chi connectivity index (χ4n) is 4.77. The summed E-state index contributed by atoms with van der Waals surface area (Å²) in [6.07, 6.45) is 3.16. The van der Waals surface area contributed by atoms with Gasteiger partial charge >= 0.3 is 0 Å². The highest BCUT2D eigenvalue weighted by Crippen LogP contribution is 2.53. The van der Waals surface area contributed by atoms with Gasteiger partial charge in [-0.05, 0) is 36.3 Å². The molecular formula is C26H29F4N3O3. The Bertz CT molecular complexity index is 1310. The van der Waals surface area contributed by atoms with Gasteiger partial charge in [0.05, 0.1) is 18.0 Å². The van der Waals surface area contributed by atoms with Gasteiger partial charge in [-0.3, -0.25) is 14.6 Å². The molecule has 1 aliphatic rings. The van der Waals surface area contributed by atoms with E-state index in [0.717, 1.165) is 6.07 Å². The number of benzene rings is 1. The molecule has 36 heavy (non-hydrogen) atoms. The lowest BCUT2D eigenvalue weighted by Crippen LogP contribution is -2.42. The Kier molecular flexibility index (Phi) is 7.76. The van der Waals surface area contributed by atoms with Crippen LogP contribution in [0.2, 0.25) is 0 Å². The van der Waals surface area contributed by atoms with Crippen LogP contribution in [0.25, 0.3) is 10.9 Å². The SMILES string of the molecule is COc1c(C2CCC(F)(F)C(C(C)(C)C)C2)ccc(F)c1F.NC(=O)c1nccc2[nH]ccc(=O)c12. The minimum atomic E-state index is -2.74. The van der Waals surface area contributed by atoms with Gasteiger partial charge in [-0.2, -0.15) is 4.39 Å². The van der Waals surface area contributed by atoms with Crippen LogP contribution in [-0.2, 0) is 0 Å². The molecule has 6 nitrogen and oxygen atoms in total. The molecule has 1 aliphatic carbocycles. The number of aromatic amines is 1. The van der Waals surface area contributed by atoms with E-state index >= 15 is 0 Å². The van der Waals surface area contributed by atoms with E-state index in [9.17, 15) is 27.2 Å². The smallest absolute Gasteiger partial charge is 0.268 e. The molecule has 0 bridgehead atoms. The van der Waals surface area contributed by atoms with Crippen LogP contribution in [0.5, 0.6) is 5.75 Å². The van der Waals surface area contributed by atoms with Crippen molar-refractivity contribution in [2.75, 3.05) is 7.11 Å². The van der Waals surface area contributed by atoms with Crippen molar-refractivity contribution in [3.05, 3.63) is 69.8 Å². The maximum Gasteiger partial charge on any atom is 0.268 e. The van der Waals surface area contributed by atoms with E-state index in [0.29, 0.717) is 11.1 Å². The van der Waals surface area contributed by atoms with Gasteiger partial charge in [0.15, 0.2) is 17.0 Å². The Hall–Kier alpha value is -3.43. The molecule has 194 valence electrons. The summed E-state index contributed by atoms with van der Waals surface area (Å²) in [5.41, 5.74) is 5.31. The normalized spacial score (nSPS) is 19.3. The number of alkyl halides is 2. The monoisotopic (exact) mass is 507 g/mol. The van der Waals surface area contributed by atoms with Gasteiger partial charge in [-0.1, -0.05) is 26.8 Å². The van der Waals surface area contributed by atoms with E-state index in [1.165, 1.54) is 31.6 Å². The number of carbonyl (C=O) groups excluding carboxylic acids is 1. The third kappa shape index (κ3) is 5.52. The summed E-state index contributed by atoms with van der Waals surface area (Å²) >= 11 is 0. The van der Waals surface area contributed by atoms with Crippen LogP contribution in [0.3, 0.4) is 0 Å². The number of nitrogens with two attached hydrogens (primary N) is 1. The Balaban J connectivity index is 0.000000221. The van der Waals surface area contributed by atoms with Gasteiger partial charge in [0.2, 0.25) is 5.82 Å². The number of methoxy groups -OCH3 is 1. The molecule has 0 saturated heterocycles. The molecule has 2 aromatic heterocycles. The minimum absolute atomic E-state index is 0.00403. The Morgan fingerprint density at radius 2 is 1.89 bits per heavy atom. The van der Waals surface area contributed by atoms with E-state index < -0.39 is 34.8 Å². The van der Waals surface area contributed by atoms with Gasteiger partial charge in [0.25, 0.3) is 11.8 Å². The summed E-state index contributed by atoms with van der Waals surface area (Å²) in [6.45, 7) is 5.36. The molecule has 4 rings (SSSR count). The largest absolute Gasteiger partial charge is 0.493 e. The van der Waals surface area contributed by atoms with Crippen LogP contribution in [0.1, 0.15) is 62.0 Å². The van der Waals surface area contributed by atoms with E-state index in [4.69, 9.17) is 10.5 Å². The van der Waals surface area contributed by atoms with Gasteiger partial charge in [0.1, 0.15) is 5.69 Å². The summed E-state index contributed by atoms with van der Waals surface area (Å²) in [5.74, 6) is -6.71. The van der Waals surface area contributed by atoms with Crippen molar-refractivity contribution in [3.8, 4) is 5.75 Å². The minimum Gasteiger partial charge on any atom is -0.493 e. The molecular weight excluding hydrogens is 478 g/mol. The molecule has 2 atom stereocenters. The fraction of sp³-hybridized carbons (Fsp3) is 0.423. The van der Waals surface area contributed by atoms with Crippen LogP contribution in [0.4, 0.5) is 17.6 Å². The maximum atomic E-state index is 14.2. The number of hydrogen-bond acceptors (Lipinski definition) is 4. The predicted molar refractivity (Wildman–Crippen MR) is 128 cm³/mol. The molecule has 3 aromatic rings. The summed E-state index contributed by atoms with van der Waals surface area (Å²) < 4.78 is 60.6. The summed E-state index contributed by atoms with van der Waals surface area (Å²) in [6, 6.07) is 5.43. The Labute approximate surface area is 205 Å². The third-order valence-corrected chi connectivity index (χ3v) is 6.53. The molecule has 0 aliphatic heterocycles. The maximum absolute atomic E-state index is 14.2. The van der Waals surface area contributed by atoms with E-state index in [1.54, 1.807) is 26.8 Å². The number of nitrogens with one attached hydrogen (secondary N) is 1. The number of ether oxygens (including phenoxy) is 1. The van der Waals surface area contributed by atoms with Gasteiger partial charge in [0, 0.05) is 36.4 Å². The number of rotatable bonds is 3. The van der Waals surface area contributed by atoms with E-state index in [2.05, 4.69) is 9.97 Å². The second-order valence-electron chi connectivity index (χ2n) is 9.92. The van der Waals surface area contributed by atoms with E-state index in [1.807, 2.05) is 0 Å². The lowest BCUT2D eigenvalue weighted by molar-refractivity contribution is -0.127. The average Bonchev–Trinajstić information content (AvgIpc) is 2.80. The molecule has 2 heterocycles. The van der Waals surface area contributed by atoms with Crippen molar-refractivity contribution in [3.63, 3.8) is 0 Å². The van der Waals surface area contributed by atoms with Crippen LogP contribution in [0, 0.1) is 23.0 Å². The number of halogens is 4. The number of aromatic nitrogens is 2. The van der Waals surface area contributed by atoms with Crippen molar-refractivity contribution < 1.29 is 27.1 Å². The second kappa shape index (κ2) is 10.3. The van der Waals surface area contributed by atoms with Gasteiger partial charge < -0.3 is 15.5 Å². The standard InChI is InChI=1S/C17H22F4O.C9H7N3O2/c1-16(2,3)13-9-10(7-8-17(13,20)21)11-5-6-12(18)14(19)15(11)22-4;10-9(14)8-7-5(1-3-12-8)11-4-2-6(7)13/h5-6,10,13H,7-9H2,1-4H3;1-4H,(H2,10,14)(H,11,13). The highest BCUT2D eigenvalue weighted by molar-refractivity contribution is 6.03. The van der Waals surface area contributed by atoms with Crippen molar-refractivity contribution in [2.45, 2.75) is 51.9 Å². The molecule has 3 N–H and O–H groups in total. The van der Waals surface area contributed by atoms with Crippen LogP contribution < -0.4 is 15.9 Å². The molecule has 1 saturated carbocycles. The third-order valence-electron chi connectivity index (χ3n) is 6.53. The lowest BCUT2D eigenvalue weighted by Gasteiger charge is -2.43.